The average Bonchev–Trinajstić information content (AvgIpc) is 3.12. The molecule has 1 amide bonds. The Kier molecular flexibility index (Phi) is 4.65. The van der Waals surface area contributed by atoms with Gasteiger partial charge in [0.05, 0.1) is 28.2 Å². The van der Waals surface area contributed by atoms with Crippen LogP contribution in [-0.4, -0.2) is 28.1 Å². The van der Waals surface area contributed by atoms with Crippen LogP contribution in [0.3, 0.4) is 0 Å². The summed E-state index contributed by atoms with van der Waals surface area (Å²) in [6.07, 6.45) is 2.68. The number of nitrogens with zero attached hydrogens (tertiary/aromatic N) is 3. The molecule has 0 unspecified atom stereocenters. The highest BCUT2D eigenvalue weighted by Gasteiger charge is 2.32. The Balaban J connectivity index is 1.46. The summed E-state index contributed by atoms with van der Waals surface area (Å²) in [5.74, 6) is -0.548. The molecule has 0 fully saturated rings. The first-order chi connectivity index (χ1) is 12.6. The lowest BCUT2D eigenvalue weighted by atomic mass is 10.0. The highest BCUT2D eigenvalue weighted by atomic mass is 35.5. The molecule has 2 aromatic carbocycles. The first-order valence-electron chi connectivity index (χ1n) is 7.99. The van der Waals surface area contributed by atoms with Crippen LogP contribution >= 0.6 is 23.4 Å². The quantitative estimate of drug-likeness (QED) is 0.836. The summed E-state index contributed by atoms with van der Waals surface area (Å²) in [6, 6.07) is 11.9. The summed E-state index contributed by atoms with van der Waals surface area (Å²) in [5.41, 5.74) is 2.42. The molecule has 0 saturated carbocycles. The van der Waals surface area contributed by atoms with Crippen LogP contribution in [0.25, 0.3) is 0 Å². The Hall–Kier alpha value is -2.38. The Bertz CT molecular complexity index is 933. The van der Waals surface area contributed by atoms with Gasteiger partial charge < -0.3 is 5.32 Å². The van der Waals surface area contributed by atoms with Crippen molar-refractivity contribution in [2.24, 2.45) is 10.1 Å². The molecule has 8 heteroatoms. The smallest absolute Gasteiger partial charge is 0.234 e. The monoisotopic (exact) mass is 388 g/mol. The van der Waals surface area contributed by atoms with E-state index < -0.39 is 5.82 Å². The molecule has 0 aliphatic carbocycles. The second-order valence-corrected chi connectivity index (χ2v) is 7.16. The van der Waals surface area contributed by atoms with Gasteiger partial charge in [0.2, 0.25) is 5.91 Å². The van der Waals surface area contributed by atoms with Gasteiger partial charge in [0.1, 0.15) is 5.82 Å². The van der Waals surface area contributed by atoms with E-state index in [4.69, 9.17) is 11.6 Å². The second-order valence-electron chi connectivity index (χ2n) is 5.81. The van der Waals surface area contributed by atoms with Gasteiger partial charge in [0.15, 0.2) is 5.17 Å². The van der Waals surface area contributed by atoms with Crippen LogP contribution in [0.15, 0.2) is 52.6 Å². The lowest BCUT2D eigenvalue weighted by Gasteiger charge is -2.29. The van der Waals surface area contributed by atoms with Crippen LogP contribution in [0.1, 0.15) is 18.0 Å². The molecule has 2 aliphatic rings. The van der Waals surface area contributed by atoms with E-state index in [0.29, 0.717) is 10.9 Å². The molecular formula is C18H14ClFN4OS. The number of aliphatic imine (C=N–C) groups is 1. The van der Waals surface area contributed by atoms with Crippen LogP contribution < -0.4 is 5.32 Å². The number of nitrogens with one attached hydrogen (secondary N) is 1. The molecule has 0 radical (unpaired) electrons. The number of benzene rings is 2. The van der Waals surface area contributed by atoms with Crippen LogP contribution in [0.4, 0.5) is 15.8 Å². The number of hydrogen-bond donors (Lipinski definition) is 1. The van der Waals surface area contributed by atoms with Gasteiger partial charge in [-0.2, -0.15) is 5.10 Å². The normalized spacial score (nSPS) is 17.5. The predicted octanol–water partition coefficient (Wildman–Crippen LogP) is 4.58. The Morgan fingerprint density at radius 1 is 1.35 bits per heavy atom. The van der Waals surface area contributed by atoms with Crippen LogP contribution in [0.5, 0.6) is 0 Å². The molecule has 0 spiro atoms. The van der Waals surface area contributed by atoms with E-state index in [1.807, 2.05) is 29.4 Å². The maximum Gasteiger partial charge on any atom is 0.234 e. The zero-order valence-electron chi connectivity index (χ0n) is 13.5. The van der Waals surface area contributed by atoms with Crippen molar-refractivity contribution in [1.29, 1.82) is 0 Å². The van der Waals surface area contributed by atoms with E-state index in [-0.39, 0.29) is 22.7 Å². The second kappa shape index (κ2) is 7.09. The minimum atomic E-state index is -0.449. The fourth-order valence-electron chi connectivity index (χ4n) is 2.89. The van der Waals surface area contributed by atoms with Crippen molar-refractivity contribution in [1.82, 2.24) is 5.01 Å². The summed E-state index contributed by atoms with van der Waals surface area (Å²) in [6.45, 7) is 0. The summed E-state index contributed by atoms with van der Waals surface area (Å²) < 4.78 is 13.1. The molecule has 5 nitrogen and oxygen atoms in total. The number of rotatable bonds is 3. The molecule has 2 heterocycles. The van der Waals surface area contributed by atoms with E-state index in [1.165, 1.54) is 23.9 Å². The van der Waals surface area contributed by atoms with E-state index in [0.717, 1.165) is 23.7 Å². The number of amidine groups is 1. The number of hydrazone groups is 1. The number of thioether (sulfide) groups is 1. The lowest BCUT2D eigenvalue weighted by molar-refractivity contribution is -0.113. The number of halogens is 2. The molecule has 0 aromatic heterocycles. The molecule has 2 aliphatic heterocycles. The molecular weight excluding hydrogens is 375 g/mol. The number of fused-ring (bicyclic) bond motifs is 3. The van der Waals surface area contributed by atoms with Gasteiger partial charge in [0, 0.05) is 18.2 Å². The maximum absolute atomic E-state index is 13.1. The molecule has 1 N–H and O–H groups in total. The highest BCUT2D eigenvalue weighted by molar-refractivity contribution is 8.14. The number of carbonyl (C=O) groups excluding carboxylic acids is 1. The number of carbonyl (C=O) groups is 1. The van der Waals surface area contributed by atoms with Crippen LogP contribution in [0, 0.1) is 5.82 Å². The van der Waals surface area contributed by atoms with Crippen molar-refractivity contribution in [3.63, 3.8) is 0 Å². The molecule has 4 rings (SSSR count). The minimum Gasteiger partial charge on any atom is -0.324 e. The third kappa shape index (κ3) is 3.32. The topological polar surface area (TPSA) is 57.1 Å². The van der Waals surface area contributed by atoms with E-state index in [2.05, 4.69) is 21.5 Å². The van der Waals surface area contributed by atoms with Crippen molar-refractivity contribution in [2.75, 3.05) is 11.1 Å². The van der Waals surface area contributed by atoms with E-state index >= 15 is 0 Å². The molecule has 132 valence electrons. The Morgan fingerprint density at radius 2 is 2.19 bits per heavy atom. The Morgan fingerprint density at radius 3 is 3.04 bits per heavy atom. The van der Waals surface area contributed by atoms with E-state index in [1.54, 1.807) is 0 Å². The van der Waals surface area contributed by atoms with Gasteiger partial charge in [-0.3, -0.25) is 4.79 Å². The van der Waals surface area contributed by atoms with Gasteiger partial charge in [-0.1, -0.05) is 41.6 Å². The third-order valence-corrected chi connectivity index (χ3v) is 5.33. The fraction of sp³-hybridized carbons (Fsp3) is 0.167. The van der Waals surface area contributed by atoms with Crippen molar-refractivity contribution >= 4 is 52.0 Å². The van der Waals surface area contributed by atoms with Gasteiger partial charge in [-0.05, 0) is 24.3 Å². The molecule has 26 heavy (non-hydrogen) atoms. The standard InChI is InChI=1S/C18H14ClFN4OS/c19-13-9-11(20)5-6-15(13)22-17(25)10-26-18-23-14-4-2-1-3-12(14)16-7-8-21-24(16)18/h1-6,8-9,16H,7,10H2,(H,22,25)/t16-/m1/s1. The lowest BCUT2D eigenvalue weighted by Crippen LogP contribution is -2.29. The number of hydrogen-bond acceptors (Lipinski definition) is 5. The van der Waals surface area contributed by atoms with Gasteiger partial charge in [-0.25, -0.2) is 14.4 Å². The number of para-hydroxylation sites is 1. The summed E-state index contributed by atoms with van der Waals surface area (Å²) in [5, 5.41) is 9.77. The maximum atomic E-state index is 13.1. The van der Waals surface area contributed by atoms with Gasteiger partial charge >= 0.3 is 0 Å². The summed E-state index contributed by atoms with van der Waals surface area (Å²) in [7, 11) is 0. The largest absolute Gasteiger partial charge is 0.324 e. The molecule has 1 atom stereocenters. The molecule has 2 aromatic rings. The number of amides is 1. The number of anilines is 1. The zero-order chi connectivity index (χ0) is 18.1. The van der Waals surface area contributed by atoms with Crippen molar-refractivity contribution in [3.8, 4) is 0 Å². The first-order valence-corrected chi connectivity index (χ1v) is 9.35. The van der Waals surface area contributed by atoms with E-state index in [9.17, 15) is 9.18 Å². The molecule has 0 bridgehead atoms. The van der Waals surface area contributed by atoms with Crippen molar-refractivity contribution in [3.05, 3.63) is 58.9 Å². The van der Waals surface area contributed by atoms with Gasteiger partial charge in [0.25, 0.3) is 0 Å². The average molecular weight is 389 g/mol. The highest BCUT2D eigenvalue weighted by Crippen LogP contribution is 2.40. The Labute approximate surface area is 158 Å². The SMILES string of the molecule is O=C(CSC1=Nc2ccccc2[C@H]2CC=NN12)Nc1ccc(F)cc1Cl. The van der Waals surface area contributed by atoms with Crippen LogP contribution in [0.2, 0.25) is 5.02 Å². The van der Waals surface area contributed by atoms with Crippen LogP contribution in [-0.2, 0) is 4.79 Å². The molecule has 0 saturated heterocycles. The zero-order valence-corrected chi connectivity index (χ0v) is 15.1. The predicted molar refractivity (Wildman–Crippen MR) is 104 cm³/mol. The minimum absolute atomic E-state index is 0.126. The van der Waals surface area contributed by atoms with Crippen molar-refractivity contribution in [2.45, 2.75) is 12.5 Å². The van der Waals surface area contributed by atoms with Crippen molar-refractivity contribution < 1.29 is 9.18 Å². The van der Waals surface area contributed by atoms with Gasteiger partial charge in [-0.15, -0.1) is 0 Å². The first kappa shape index (κ1) is 17.1. The summed E-state index contributed by atoms with van der Waals surface area (Å²) in [4.78, 5) is 16.9. The fourth-order valence-corrected chi connectivity index (χ4v) is 3.90. The summed E-state index contributed by atoms with van der Waals surface area (Å²) >= 11 is 7.25. The third-order valence-electron chi connectivity index (χ3n) is 4.08.